The number of hydrogen-bond acceptors (Lipinski definition) is 3. The molecule has 0 spiro atoms. The van der Waals surface area contributed by atoms with Crippen molar-refractivity contribution in [2.75, 3.05) is 6.54 Å². The molecule has 1 N–H and O–H groups in total. The van der Waals surface area contributed by atoms with Gasteiger partial charge in [0.05, 0.1) is 12.2 Å². The van der Waals surface area contributed by atoms with Crippen molar-refractivity contribution in [3.63, 3.8) is 0 Å². The minimum absolute atomic E-state index is 0.531. The highest BCUT2D eigenvalue weighted by Crippen LogP contribution is 2.38. The first kappa shape index (κ1) is 11.2. The highest BCUT2D eigenvalue weighted by Gasteiger charge is 2.40. The van der Waals surface area contributed by atoms with E-state index in [1.165, 1.54) is 30.4 Å². The average Bonchev–Trinajstić information content (AvgIpc) is 2.91. The van der Waals surface area contributed by atoms with Crippen molar-refractivity contribution in [1.82, 2.24) is 10.3 Å². The van der Waals surface area contributed by atoms with Crippen LogP contribution in [0.25, 0.3) is 0 Å². The van der Waals surface area contributed by atoms with E-state index in [2.05, 4.69) is 23.3 Å². The number of hydrogen-bond donors (Lipinski definition) is 1. The first-order chi connectivity index (χ1) is 8.31. The van der Waals surface area contributed by atoms with Gasteiger partial charge in [0.15, 0.2) is 0 Å². The molecule has 3 heteroatoms. The summed E-state index contributed by atoms with van der Waals surface area (Å²) >= 11 is 0. The van der Waals surface area contributed by atoms with Gasteiger partial charge in [-0.2, -0.15) is 0 Å². The molecule has 3 heterocycles. The lowest BCUT2D eigenvalue weighted by molar-refractivity contribution is 0.0924. The summed E-state index contributed by atoms with van der Waals surface area (Å²) in [6, 6.07) is 2.19. The van der Waals surface area contributed by atoms with Gasteiger partial charge in [-0.05, 0) is 37.3 Å². The summed E-state index contributed by atoms with van der Waals surface area (Å²) in [6.45, 7) is 4.08. The van der Waals surface area contributed by atoms with Crippen LogP contribution in [-0.2, 0) is 11.3 Å². The number of ether oxygens (including phenoxy) is 1. The van der Waals surface area contributed by atoms with Crippen LogP contribution < -0.4 is 5.32 Å². The van der Waals surface area contributed by atoms with Crippen molar-refractivity contribution in [1.29, 1.82) is 0 Å². The summed E-state index contributed by atoms with van der Waals surface area (Å²) in [4.78, 5) is 4.21. The van der Waals surface area contributed by atoms with E-state index in [0.717, 1.165) is 19.0 Å². The molecule has 17 heavy (non-hydrogen) atoms. The summed E-state index contributed by atoms with van der Waals surface area (Å²) in [5.41, 5.74) is 2.50. The molecule has 0 aromatic carbocycles. The number of pyridine rings is 1. The average molecular weight is 232 g/mol. The molecule has 0 saturated carbocycles. The fraction of sp³-hybridized carbons (Fsp3) is 0.643. The predicted octanol–water partition coefficient (Wildman–Crippen LogP) is 2.05. The van der Waals surface area contributed by atoms with Gasteiger partial charge in [0.2, 0.25) is 0 Å². The quantitative estimate of drug-likeness (QED) is 0.862. The Morgan fingerprint density at radius 1 is 1.41 bits per heavy atom. The Labute approximate surface area is 103 Å². The normalized spacial score (nSPS) is 31.0. The number of fused-ring (bicyclic) bond motifs is 2. The third-order valence-corrected chi connectivity index (χ3v) is 3.90. The third-order valence-electron chi connectivity index (χ3n) is 3.90. The van der Waals surface area contributed by atoms with Crippen molar-refractivity contribution in [3.8, 4) is 0 Å². The molecule has 3 unspecified atom stereocenters. The second kappa shape index (κ2) is 4.75. The molecule has 0 amide bonds. The maximum Gasteiger partial charge on any atom is 0.0621 e. The molecule has 3 rings (SSSR count). The Morgan fingerprint density at radius 3 is 3.06 bits per heavy atom. The Hall–Kier alpha value is -0.930. The molecule has 2 bridgehead atoms. The summed E-state index contributed by atoms with van der Waals surface area (Å²) in [5.74, 6) is 0.728. The molecule has 2 saturated heterocycles. The lowest BCUT2D eigenvalue weighted by atomic mass is 9.89. The number of aromatic nitrogens is 1. The minimum atomic E-state index is 0.531. The summed E-state index contributed by atoms with van der Waals surface area (Å²) in [6.07, 6.45) is 8.73. The summed E-state index contributed by atoms with van der Waals surface area (Å²) < 4.78 is 5.85. The SMILES string of the molecule is Cc1cncc(CNCC2CC3CCC2O3)c1. The lowest BCUT2D eigenvalue weighted by Crippen LogP contribution is -2.29. The van der Waals surface area contributed by atoms with E-state index in [1.807, 2.05) is 12.4 Å². The van der Waals surface area contributed by atoms with Crippen molar-refractivity contribution in [2.24, 2.45) is 5.92 Å². The molecular weight excluding hydrogens is 212 g/mol. The van der Waals surface area contributed by atoms with Crippen LogP contribution in [0.15, 0.2) is 18.5 Å². The highest BCUT2D eigenvalue weighted by molar-refractivity contribution is 5.16. The molecule has 1 aromatic heterocycles. The number of aryl methyl sites for hydroxylation is 1. The largest absolute Gasteiger partial charge is 0.375 e. The van der Waals surface area contributed by atoms with E-state index in [4.69, 9.17) is 4.74 Å². The molecule has 2 aliphatic heterocycles. The highest BCUT2D eigenvalue weighted by atomic mass is 16.5. The van der Waals surface area contributed by atoms with Crippen molar-refractivity contribution in [3.05, 3.63) is 29.6 Å². The maximum atomic E-state index is 5.85. The van der Waals surface area contributed by atoms with Gasteiger partial charge in [0.1, 0.15) is 0 Å². The number of nitrogens with zero attached hydrogens (tertiary/aromatic N) is 1. The van der Waals surface area contributed by atoms with Gasteiger partial charge in [-0.15, -0.1) is 0 Å². The zero-order chi connectivity index (χ0) is 11.7. The number of rotatable bonds is 4. The molecule has 3 atom stereocenters. The van der Waals surface area contributed by atoms with E-state index in [1.54, 1.807) is 0 Å². The van der Waals surface area contributed by atoms with Crippen LogP contribution in [0.5, 0.6) is 0 Å². The standard InChI is InChI=1S/C14H20N2O/c1-10-4-11(7-15-6-10)8-16-9-12-5-13-2-3-14(12)17-13/h4,6-7,12-14,16H,2-3,5,8-9H2,1H3. The maximum absolute atomic E-state index is 5.85. The van der Waals surface area contributed by atoms with Gasteiger partial charge >= 0.3 is 0 Å². The molecule has 1 aromatic rings. The van der Waals surface area contributed by atoms with Gasteiger partial charge in [-0.3, -0.25) is 4.98 Å². The van der Waals surface area contributed by atoms with Crippen LogP contribution >= 0.6 is 0 Å². The monoisotopic (exact) mass is 232 g/mol. The minimum Gasteiger partial charge on any atom is -0.375 e. The summed E-state index contributed by atoms with van der Waals surface area (Å²) in [7, 11) is 0. The zero-order valence-corrected chi connectivity index (χ0v) is 10.4. The van der Waals surface area contributed by atoms with Crippen LogP contribution in [0.1, 0.15) is 30.4 Å². The topological polar surface area (TPSA) is 34.2 Å². The van der Waals surface area contributed by atoms with Crippen LogP contribution in [0.3, 0.4) is 0 Å². The van der Waals surface area contributed by atoms with Crippen molar-refractivity contribution < 1.29 is 4.74 Å². The molecule has 2 fully saturated rings. The lowest BCUT2D eigenvalue weighted by Gasteiger charge is -2.18. The fourth-order valence-electron chi connectivity index (χ4n) is 3.07. The smallest absolute Gasteiger partial charge is 0.0621 e. The van der Waals surface area contributed by atoms with Gasteiger partial charge in [-0.25, -0.2) is 0 Å². The van der Waals surface area contributed by atoms with E-state index in [0.29, 0.717) is 12.2 Å². The predicted molar refractivity (Wildman–Crippen MR) is 66.7 cm³/mol. The summed E-state index contributed by atoms with van der Waals surface area (Å²) in [5, 5.41) is 3.54. The van der Waals surface area contributed by atoms with Crippen LogP contribution in [0, 0.1) is 12.8 Å². The Morgan fingerprint density at radius 2 is 2.35 bits per heavy atom. The van der Waals surface area contributed by atoms with Crippen molar-refractivity contribution in [2.45, 2.75) is 44.9 Å². The van der Waals surface area contributed by atoms with Crippen LogP contribution in [-0.4, -0.2) is 23.7 Å². The molecule has 3 nitrogen and oxygen atoms in total. The van der Waals surface area contributed by atoms with Gasteiger partial charge in [0, 0.05) is 31.4 Å². The van der Waals surface area contributed by atoms with E-state index in [-0.39, 0.29) is 0 Å². The van der Waals surface area contributed by atoms with E-state index in [9.17, 15) is 0 Å². The molecule has 92 valence electrons. The Kier molecular flexibility index (Phi) is 3.12. The van der Waals surface area contributed by atoms with Gasteiger partial charge in [-0.1, -0.05) is 6.07 Å². The second-order valence-corrected chi connectivity index (χ2v) is 5.37. The Bertz CT molecular complexity index is 394. The van der Waals surface area contributed by atoms with E-state index < -0.39 is 0 Å². The van der Waals surface area contributed by atoms with Gasteiger partial charge < -0.3 is 10.1 Å². The second-order valence-electron chi connectivity index (χ2n) is 5.37. The molecule has 0 radical (unpaired) electrons. The van der Waals surface area contributed by atoms with E-state index >= 15 is 0 Å². The van der Waals surface area contributed by atoms with Crippen LogP contribution in [0.4, 0.5) is 0 Å². The molecular formula is C14H20N2O. The van der Waals surface area contributed by atoms with Crippen molar-refractivity contribution >= 4 is 0 Å². The molecule has 2 aliphatic rings. The zero-order valence-electron chi connectivity index (χ0n) is 10.4. The van der Waals surface area contributed by atoms with Gasteiger partial charge in [0.25, 0.3) is 0 Å². The number of nitrogens with one attached hydrogen (secondary N) is 1. The van der Waals surface area contributed by atoms with Crippen LogP contribution in [0.2, 0.25) is 0 Å². The fourth-order valence-corrected chi connectivity index (χ4v) is 3.07. The molecule has 0 aliphatic carbocycles. The third kappa shape index (κ3) is 2.50. The first-order valence-corrected chi connectivity index (χ1v) is 6.58. The Balaban J connectivity index is 1.46. The first-order valence-electron chi connectivity index (χ1n) is 6.58.